The van der Waals surface area contributed by atoms with Crippen molar-refractivity contribution < 1.29 is 4.42 Å². The number of benzene rings is 9. The fourth-order valence-electron chi connectivity index (χ4n) is 10.4. The lowest BCUT2D eigenvalue weighted by Crippen LogP contribution is -2.02. The van der Waals surface area contributed by atoms with Crippen LogP contribution in [0.15, 0.2) is 235 Å². The molecule has 0 fully saturated rings. The minimum atomic E-state index is 0.569. The molecule has 5 aromatic heterocycles. The quantitative estimate of drug-likeness (QED) is 0.159. The molecule has 0 saturated carbocycles. The number of hydrogen-bond donors (Lipinski definition) is 0. The van der Waals surface area contributed by atoms with Crippen LogP contribution < -0.4 is 0 Å². The molecule has 0 aliphatic heterocycles. The van der Waals surface area contributed by atoms with E-state index in [-0.39, 0.29) is 0 Å². The molecule has 0 radical (unpaired) electrons. The molecule has 9 aromatic carbocycles. The van der Waals surface area contributed by atoms with Crippen LogP contribution in [0.25, 0.3) is 133 Å². The van der Waals surface area contributed by atoms with Gasteiger partial charge < -0.3 is 13.6 Å². The van der Waals surface area contributed by atoms with Gasteiger partial charge in [-0.05, 0) is 89.5 Å². The summed E-state index contributed by atoms with van der Waals surface area (Å²) in [6, 6.07) is 76.5. The summed E-state index contributed by atoms with van der Waals surface area (Å²) in [6.45, 7) is 0. The minimum absolute atomic E-state index is 0.569. The van der Waals surface area contributed by atoms with E-state index in [0.29, 0.717) is 17.5 Å². The van der Waals surface area contributed by atoms with Crippen molar-refractivity contribution in [3.8, 4) is 67.8 Å². The number of hydrogen-bond acceptors (Lipinski definition) is 5. The molecule has 0 saturated heterocycles. The second kappa shape index (κ2) is 15.6. The highest BCUT2D eigenvalue weighted by Crippen LogP contribution is 2.45. The Hall–Kier alpha value is -9.46. The van der Waals surface area contributed by atoms with Crippen LogP contribution in [0, 0.1) is 0 Å². The summed E-state index contributed by atoms with van der Waals surface area (Å²) >= 11 is 0. The van der Waals surface area contributed by atoms with Crippen LogP contribution in [-0.2, 0) is 0 Å². The Balaban J connectivity index is 1.06. The highest BCUT2D eigenvalue weighted by atomic mass is 16.3. The summed E-state index contributed by atoms with van der Waals surface area (Å²) in [7, 11) is 0. The van der Waals surface area contributed by atoms with Crippen molar-refractivity contribution in [2.45, 2.75) is 0 Å². The molecule has 0 amide bonds. The van der Waals surface area contributed by atoms with Gasteiger partial charge in [-0.1, -0.05) is 146 Å². The number of aromatic nitrogens is 6. The molecule has 5 heterocycles. The third kappa shape index (κ3) is 6.21. The molecule has 14 rings (SSSR count). The first-order chi connectivity index (χ1) is 34.2. The fourth-order valence-corrected chi connectivity index (χ4v) is 10.4. The van der Waals surface area contributed by atoms with E-state index in [1.165, 1.54) is 32.6 Å². The molecular weight excluding hydrogens is 845 g/mol. The van der Waals surface area contributed by atoms with Gasteiger partial charge in [-0.15, -0.1) is 0 Å². The zero-order valence-corrected chi connectivity index (χ0v) is 37.0. The maximum Gasteiger partial charge on any atom is 0.164 e. The van der Waals surface area contributed by atoms with Gasteiger partial charge in [-0.2, -0.15) is 0 Å². The van der Waals surface area contributed by atoms with E-state index in [4.69, 9.17) is 24.4 Å². The van der Waals surface area contributed by atoms with Gasteiger partial charge in [0.15, 0.2) is 17.5 Å². The normalized spacial score (nSPS) is 11.8. The summed E-state index contributed by atoms with van der Waals surface area (Å²) in [5.74, 6) is 1.77. The highest BCUT2D eigenvalue weighted by molar-refractivity contribution is 6.26. The first-order valence-corrected chi connectivity index (χ1v) is 23.1. The Morgan fingerprint density at radius 2 is 0.957 bits per heavy atom. The largest absolute Gasteiger partial charge is 0.456 e. The van der Waals surface area contributed by atoms with Gasteiger partial charge in [0.05, 0.1) is 22.1 Å². The van der Waals surface area contributed by atoms with Crippen molar-refractivity contribution in [1.82, 2.24) is 29.1 Å². The summed E-state index contributed by atoms with van der Waals surface area (Å²) in [6.07, 6.45) is 3.84. The van der Waals surface area contributed by atoms with Gasteiger partial charge in [0.2, 0.25) is 0 Å². The van der Waals surface area contributed by atoms with Crippen LogP contribution >= 0.6 is 0 Å². The molecule has 0 aliphatic rings. The summed E-state index contributed by atoms with van der Waals surface area (Å²) < 4.78 is 11.1. The molecule has 0 N–H and O–H groups in total. The number of fused-ring (bicyclic) bond motifs is 10. The van der Waals surface area contributed by atoms with E-state index in [0.717, 1.165) is 83.3 Å². The summed E-state index contributed by atoms with van der Waals surface area (Å²) in [4.78, 5) is 20.4. The Morgan fingerprint density at radius 1 is 0.333 bits per heavy atom. The average molecular weight is 883 g/mol. The molecule has 0 bridgehead atoms. The molecule has 322 valence electrons. The van der Waals surface area contributed by atoms with Crippen molar-refractivity contribution in [1.29, 1.82) is 0 Å². The van der Waals surface area contributed by atoms with Crippen molar-refractivity contribution in [3.63, 3.8) is 0 Å². The Bertz CT molecular complexity index is 4250. The van der Waals surface area contributed by atoms with Gasteiger partial charge in [0.25, 0.3) is 0 Å². The number of nitrogens with zero attached hydrogens (tertiary/aromatic N) is 6. The predicted molar refractivity (Wildman–Crippen MR) is 281 cm³/mol. The Labute approximate surface area is 395 Å². The topological polar surface area (TPSA) is 74.6 Å². The molecule has 7 nitrogen and oxygen atoms in total. The van der Waals surface area contributed by atoms with Gasteiger partial charge in [-0.3, -0.25) is 4.98 Å². The van der Waals surface area contributed by atoms with E-state index < -0.39 is 0 Å². The van der Waals surface area contributed by atoms with E-state index >= 15 is 0 Å². The first-order valence-electron chi connectivity index (χ1n) is 23.1. The van der Waals surface area contributed by atoms with Crippen LogP contribution in [0.4, 0.5) is 0 Å². The molecule has 14 aromatic rings. The number of furan rings is 1. The van der Waals surface area contributed by atoms with E-state index in [1.54, 1.807) is 0 Å². The third-order valence-corrected chi connectivity index (χ3v) is 13.5. The number of para-hydroxylation sites is 4. The summed E-state index contributed by atoms with van der Waals surface area (Å²) in [5.41, 5.74) is 15.0. The number of rotatable bonds is 7. The van der Waals surface area contributed by atoms with Gasteiger partial charge >= 0.3 is 0 Å². The lowest BCUT2D eigenvalue weighted by molar-refractivity contribution is 0.669. The molecule has 69 heavy (non-hydrogen) atoms. The monoisotopic (exact) mass is 882 g/mol. The Kier molecular flexibility index (Phi) is 8.75. The second-order valence-electron chi connectivity index (χ2n) is 17.4. The Morgan fingerprint density at radius 3 is 1.71 bits per heavy atom. The molecular formula is C62H38N6O. The van der Waals surface area contributed by atoms with Crippen molar-refractivity contribution in [2.24, 2.45) is 0 Å². The average Bonchev–Trinajstić information content (AvgIpc) is 4.09. The van der Waals surface area contributed by atoms with Crippen molar-refractivity contribution in [2.75, 3.05) is 0 Å². The zero-order chi connectivity index (χ0) is 45.4. The van der Waals surface area contributed by atoms with Crippen molar-refractivity contribution >= 4 is 65.6 Å². The van der Waals surface area contributed by atoms with Crippen LogP contribution in [0.5, 0.6) is 0 Å². The maximum absolute atomic E-state index is 6.29. The lowest BCUT2D eigenvalue weighted by atomic mass is 9.92. The van der Waals surface area contributed by atoms with Crippen LogP contribution in [0.3, 0.4) is 0 Å². The smallest absolute Gasteiger partial charge is 0.164 e. The predicted octanol–water partition coefficient (Wildman–Crippen LogP) is 15.7. The lowest BCUT2D eigenvalue weighted by Gasteiger charge is -2.17. The third-order valence-electron chi connectivity index (χ3n) is 13.5. The molecule has 7 heteroatoms. The SMILES string of the molecule is c1ccc(-c2nc(-c3ccccc3)nc(-c3ccc(-n4c5ccccc5c5c4ccc4c6ccccc6n(-c6ccccc6)c45)cc3-c3ccncc3-c3ccc4oc5ccccc5c4c3)n2)cc1. The molecule has 0 spiro atoms. The molecule has 0 aliphatic carbocycles. The van der Waals surface area contributed by atoms with Gasteiger partial charge in [-0.25, -0.2) is 15.0 Å². The van der Waals surface area contributed by atoms with Crippen LogP contribution in [0.2, 0.25) is 0 Å². The van der Waals surface area contributed by atoms with Gasteiger partial charge in [0.1, 0.15) is 11.2 Å². The van der Waals surface area contributed by atoms with E-state index in [1.807, 2.05) is 85.2 Å². The zero-order valence-electron chi connectivity index (χ0n) is 37.0. The highest BCUT2D eigenvalue weighted by Gasteiger charge is 2.24. The first kappa shape index (κ1) is 38.8. The van der Waals surface area contributed by atoms with Crippen LogP contribution in [0.1, 0.15) is 0 Å². The van der Waals surface area contributed by atoms with E-state index in [9.17, 15) is 0 Å². The second-order valence-corrected chi connectivity index (χ2v) is 17.4. The maximum atomic E-state index is 6.29. The minimum Gasteiger partial charge on any atom is -0.456 e. The van der Waals surface area contributed by atoms with E-state index in [2.05, 4.69) is 155 Å². The van der Waals surface area contributed by atoms with Crippen molar-refractivity contribution in [3.05, 3.63) is 231 Å². The fraction of sp³-hybridized carbons (Fsp3) is 0. The number of pyridine rings is 1. The molecule has 0 unspecified atom stereocenters. The summed E-state index contributed by atoms with van der Waals surface area (Å²) in [5, 5.41) is 6.91. The van der Waals surface area contributed by atoms with Gasteiger partial charge in [0, 0.05) is 78.3 Å². The molecule has 0 atom stereocenters. The standard InChI is InChI=1S/C62H38N6O/c1-4-16-39(17-5-1)60-64-61(40-18-6-2-7-19-40)66-62(65-60)48-30-29-43(37-50(48)44-34-35-63-38-52(44)41-28-33-57-51(36-41)46-23-12-15-27-56(46)69-57)67-54-26-14-11-24-49(54)58-55(67)32-31-47-45-22-10-13-25-53(45)68(59(47)58)42-20-8-3-9-21-42/h1-38H. The van der Waals surface area contributed by atoms with Crippen LogP contribution in [-0.4, -0.2) is 29.1 Å².